The van der Waals surface area contributed by atoms with E-state index in [0.29, 0.717) is 19.4 Å². The van der Waals surface area contributed by atoms with Crippen molar-refractivity contribution in [3.63, 3.8) is 0 Å². The SMILES string of the molecule is CCC(N)[C@@H](O)C1CCO[C@H]1C(=O)O. The minimum Gasteiger partial charge on any atom is -0.479 e. The normalized spacial score (nSPS) is 31.4. The Morgan fingerprint density at radius 1 is 1.71 bits per heavy atom. The Balaban J connectivity index is 2.61. The van der Waals surface area contributed by atoms with E-state index in [4.69, 9.17) is 15.6 Å². The van der Waals surface area contributed by atoms with Crippen molar-refractivity contribution >= 4 is 5.97 Å². The lowest BCUT2D eigenvalue weighted by Gasteiger charge is -2.25. The number of carboxylic acids is 1. The Morgan fingerprint density at radius 2 is 2.36 bits per heavy atom. The molecule has 2 unspecified atom stereocenters. The molecule has 4 N–H and O–H groups in total. The van der Waals surface area contributed by atoms with Gasteiger partial charge in [0.2, 0.25) is 0 Å². The van der Waals surface area contributed by atoms with Crippen LogP contribution in [0, 0.1) is 5.92 Å². The van der Waals surface area contributed by atoms with E-state index >= 15 is 0 Å². The highest BCUT2D eigenvalue weighted by molar-refractivity contribution is 5.73. The summed E-state index contributed by atoms with van der Waals surface area (Å²) in [7, 11) is 0. The summed E-state index contributed by atoms with van der Waals surface area (Å²) in [4.78, 5) is 10.8. The van der Waals surface area contributed by atoms with Crippen molar-refractivity contribution < 1.29 is 19.7 Å². The summed E-state index contributed by atoms with van der Waals surface area (Å²) in [6.45, 7) is 2.24. The highest BCUT2D eigenvalue weighted by atomic mass is 16.5. The molecule has 1 heterocycles. The summed E-state index contributed by atoms with van der Waals surface area (Å²) in [5, 5.41) is 18.6. The first-order valence-electron chi connectivity index (χ1n) is 4.86. The van der Waals surface area contributed by atoms with Crippen molar-refractivity contribution in [3.8, 4) is 0 Å². The van der Waals surface area contributed by atoms with Crippen molar-refractivity contribution in [3.05, 3.63) is 0 Å². The zero-order valence-electron chi connectivity index (χ0n) is 8.22. The second kappa shape index (κ2) is 4.72. The van der Waals surface area contributed by atoms with Gasteiger partial charge >= 0.3 is 5.97 Å². The molecule has 0 saturated carbocycles. The molecule has 1 rings (SSSR count). The monoisotopic (exact) mass is 203 g/mol. The second-order valence-corrected chi connectivity index (χ2v) is 3.64. The van der Waals surface area contributed by atoms with Crippen molar-refractivity contribution in [2.75, 3.05) is 6.61 Å². The third-order valence-corrected chi connectivity index (χ3v) is 2.73. The van der Waals surface area contributed by atoms with Crippen LogP contribution in [0.5, 0.6) is 0 Å². The van der Waals surface area contributed by atoms with Crippen LogP contribution >= 0.6 is 0 Å². The van der Waals surface area contributed by atoms with Gasteiger partial charge in [-0.2, -0.15) is 0 Å². The average Bonchev–Trinajstić information content (AvgIpc) is 2.63. The van der Waals surface area contributed by atoms with E-state index in [9.17, 15) is 9.90 Å². The van der Waals surface area contributed by atoms with Crippen molar-refractivity contribution in [2.45, 2.75) is 38.0 Å². The molecule has 0 aromatic heterocycles. The molecular weight excluding hydrogens is 186 g/mol. The van der Waals surface area contributed by atoms with Crippen LogP contribution in [0.15, 0.2) is 0 Å². The molecule has 5 nitrogen and oxygen atoms in total. The maximum atomic E-state index is 10.8. The fourth-order valence-electron chi connectivity index (χ4n) is 1.77. The van der Waals surface area contributed by atoms with Gasteiger partial charge in [0.15, 0.2) is 6.10 Å². The van der Waals surface area contributed by atoms with Gasteiger partial charge in [-0.15, -0.1) is 0 Å². The molecule has 0 aliphatic carbocycles. The molecule has 4 atom stereocenters. The van der Waals surface area contributed by atoms with E-state index in [-0.39, 0.29) is 12.0 Å². The minimum atomic E-state index is -1.02. The largest absolute Gasteiger partial charge is 0.479 e. The number of carbonyl (C=O) groups is 1. The minimum absolute atomic E-state index is 0.372. The number of aliphatic hydroxyl groups is 1. The molecule has 0 radical (unpaired) electrons. The summed E-state index contributed by atoms with van der Waals surface area (Å²) in [5.74, 6) is -1.39. The lowest BCUT2D eigenvalue weighted by molar-refractivity contribution is -0.151. The Hall–Kier alpha value is -0.650. The highest BCUT2D eigenvalue weighted by Crippen LogP contribution is 2.26. The number of hydrogen-bond acceptors (Lipinski definition) is 4. The van der Waals surface area contributed by atoms with Gasteiger partial charge < -0.3 is 20.7 Å². The van der Waals surface area contributed by atoms with Crippen LogP contribution in [0.2, 0.25) is 0 Å². The van der Waals surface area contributed by atoms with E-state index in [0.717, 1.165) is 0 Å². The number of hydrogen-bond donors (Lipinski definition) is 3. The predicted octanol–water partition coefficient (Wildman–Crippen LogP) is -0.426. The molecule has 1 fully saturated rings. The van der Waals surface area contributed by atoms with E-state index in [1.807, 2.05) is 6.92 Å². The van der Waals surface area contributed by atoms with Crippen LogP contribution in [-0.4, -0.2) is 41.0 Å². The van der Waals surface area contributed by atoms with E-state index in [1.54, 1.807) is 0 Å². The lowest BCUT2D eigenvalue weighted by Crippen LogP contribution is -2.44. The summed E-state index contributed by atoms with van der Waals surface area (Å²) < 4.78 is 5.03. The van der Waals surface area contributed by atoms with Gasteiger partial charge in [-0.1, -0.05) is 6.92 Å². The van der Waals surface area contributed by atoms with E-state index < -0.39 is 18.2 Å². The van der Waals surface area contributed by atoms with Crippen LogP contribution < -0.4 is 5.73 Å². The molecule has 0 aromatic carbocycles. The molecule has 1 aliphatic heterocycles. The van der Waals surface area contributed by atoms with Crippen molar-refractivity contribution in [1.29, 1.82) is 0 Å². The fraction of sp³-hybridized carbons (Fsp3) is 0.889. The molecule has 82 valence electrons. The number of ether oxygens (including phenoxy) is 1. The lowest BCUT2D eigenvalue weighted by atomic mass is 9.89. The van der Waals surface area contributed by atoms with Gasteiger partial charge in [0.1, 0.15) is 0 Å². The van der Waals surface area contributed by atoms with Gasteiger partial charge in [0, 0.05) is 18.6 Å². The Bertz CT molecular complexity index is 209. The average molecular weight is 203 g/mol. The van der Waals surface area contributed by atoms with Gasteiger partial charge in [0.25, 0.3) is 0 Å². The van der Waals surface area contributed by atoms with E-state index in [1.165, 1.54) is 0 Å². The topological polar surface area (TPSA) is 92.8 Å². The first-order valence-corrected chi connectivity index (χ1v) is 4.86. The maximum Gasteiger partial charge on any atom is 0.333 e. The third-order valence-electron chi connectivity index (χ3n) is 2.73. The molecule has 5 heteroatoms. The molecule has 14 heavy (non-hydrogen) atoms. The van der Waals surface area contributed by atoms with Crippen LogP contribution in [0.25, 0.3) is 0 Å². The molecular formula is C9H17NO4. The zero-order chi connectivity index (χ0) is 10.7. The number of rotatable bonds is 4. The second-order valence-electron chi connectivity index (χ2n) is 3.64. The van der Waals surface area contributed by atoms with Gasteiger partial charge in [-0.3, -0.25) is 0 Å². The fourth-order valence-corrected chi connectivity index (χ4v) is 1.77. The Labute approximate surface area is 82.9 Å². The zero-order valence-corrected chi connectivity index (χ0v) is 8.22. The van der Waals surface area contributed by atoms with Crippen LogP contribution in [0.1, 0.15) is 19.8 Å². The first kappa shape index (κ1) is 11.4. The predicted molar refractivity (Wildman–Crippen MR) is 49.8 cm³/mol. The van der Waals surface area contributed by atoms with Crippen LogP contribution in [0.4, 0.5) is 0 Å². The summed E-state index contributed by atoms with van der Waals surface area (Å²) >= 11 is 0. The Kier molecular flexibility index (Phi) is 3.86. The first-order chi connectivity index (χ1) is 6.57. The number of carboxylic acid groups (broad SMARTS) is 1. The maximum absolute atomic E-state index is 10.8. The third kappa shape index (κ3) is 2.23. The van der Waals surface area contributed by atoms with Crippen molar-refractivity contribution in [2.24, 2.45) is 11.7 Å². The van der Waals surface area contributed by atoms with Gasteiger partial charge in [-0.25, -0.2) is 4.79 Å². The summed E-state index contributed by atoms with van der Waals surface area (Å²) in [5.41, 5.74) is 5.66. The van der Waals surface area contributed by atoms with Crippen LogP contribution in [0.3, 0.4) is 0 Å². The standard InChI is InChI=1S/C9H17NO4/c1-2-6(10)7(11)5-3-4-14-8(5)9(12)13/h5-8,11H,2-4,10H2,1H3,(H,12,13)/t5?,6?,7-,8+/m0/s1. The quantitative estimate of drug-likeness (QED) is 0.576. The molecule has 0 bridgehead atoms. The Morgan fingerprint density at radius 3 is 2.86 bits per heavy atom. The summed E-state index contributed by atoms with van der Waals surface area (Å²) in [6.07, 6.45) is -0.498. The van der Waals surface area contributed by atoms with Crippen LogP contribution in [-0.2, 0) is 9.53 Å². The molecule has 1 aliphatic rings. The number of aliphatic hydroxyl groups excluding tert-OH is 1. The van der Waals surface area contributed by atoms with Gasteiger partial charge in [-0.05, 0) is 12.8 Å². The smallest absolute Gasteiger partial charge is 0.333 e. The van der Waals surface area contributed by atoms with E-state index in [2.05, 4.69) is 0 Å². The molecule has 0 amide bonds. The molecule has 1 saturated heterocycles. The molecule has 0 aromatic rings. The van der Waals surface area contributed by atoms with Gasteiger partial charge in [0.05, 0.1) is 6.10 Å². The summed E-state index contributed by atoms with van der Waals surface area (Å²) in [6, 6.07) is -0.372. The number of nitrogens with two attached hydrogens (primary N) is 1. The molecule has 0 spiro atoms. The van der Waals surface area contributed by atoms with Crippen molar-refractivity contribution in [1.82, 2.24) is 0 Å². The number of aliphatic carboxylic acids is 1. The highest BCUT2D eigenvalue weighted by Gasteiger charge is 2.40.